The second-order valence-corrected chi connectivity index (χ2v) is 8.90. The molecule has 30 heavy (non-hydrogen) atoms. The zero-order valence-electron chi connectivity index (χ0n) is 18.9. The van der Waals surface area contributed by atoms with Crippen LogP contribution in [-0.2, 0) is 14.1 Å². The van der Waals surface area contributed by atoms with Crippen molar-refractivity contribution in [2.75, 3.05) is 34.2 Å². The summed E-state index contributed by atoms with van der Waals surface area (Å²) in [5.41, 5.74) is 2.93. The number of aryl methyl sites for hydroxylation is 2. The van der Waals surface area contributed by atoms with Gasteiger partial charge in [0.1, 0.15) is 20.1 Å². The van der Waals surface area contributed by atoms with E-state index in [1.165, 1.54) is 49.9 Å². The van der Waals surface area contributed by atoms with Crippen LogP contribution in [0.3, 0.4) is 0 Å². The Morgan fingerprint density at radius 3 is 1.90 bits per heavy atom. The van der Waals surface area contributed by atoms with E-state index in [4.69, 9.17) is 0 Å². The number of aromatic nitrogens is 2. The van der Waals surface area contributed by atoms with E-state index >= 15 is 0 Å². The first-order valence-corrected chi connectivity index (χ1v) is 10.3. The van der Waals surface area contributed by atoms with Gasteiger partial charge in [-0.2, -0.15) is 0 Å². The summed E-state index contributed by atoms with van der Waals surface area (Å²) in [5, 5.41) is 0. The summed E-state index contributed by atoms with van der Waals surface area (Å²) in [6.07, 6.45) is 14.0. The van der Waals surface area contributed by atoms with Crippen LogP contribution in [0.2, 0.25) is 0 Å². The summed E-state index contributed by atoms with van der Waals surface area (Å²) >= 11 is 0. The molecule has 0 aliphatic carbocycles. The molecule has 0 bridgehead atoms. The van der Waals surface area contributed by atoms with Crippen molar-refractivity contribution < 1.29 is 85.5 Å². The summed E-state index contributed by atoms with van der Waals surface area (Å²) in [5.74, 6) is 0. The average Bonchev–Trinajstić information content (AvgIpc) is 3.20. The van der Waals surface area contributed by atoms with Crippen molar-refractivity contribution >= 4 is 0 Å². The van der Waals surface area contributed by atoms with Gasteiger partial charge in [-0.1, -0.05) is 0 Å². The van der Waals surface area contributed by atoms with Crippen LogP contribution in [0.15, 0.2) is 49.1 Å². The first-order valence-electron chi connectivity index (χ1n) is 10.3. The fraction of sp³-hybridized carbons (Fsp3) is 0.565. The monoisotopic (exact) mass is 750 g/mol. The van der Waals surface area contributed by atoms with Crippen molar-refractivity contribution in [3.8, 4) is 0 Å². The van der Waals surface area contributed by atoms with E-state index in [9.17, 15) is 0 Å². The Morgan fingerprint density at radius 1 is 0.867 bits per heavy atom. The van der Waals surface area contributed by atoms with Gasteiger partial charge in [-0.25, -0.2) is 9.13 Å². The minimum Gasteiger partial charge on any atom is -1.00 e. The highest BCUT2D eigenvalue weighted by molar-refractivity contribution is 5.12. The Bertz CT molecular complexity index is 770. The third kappa shape index (κ3) is 8.08. The van der Waals surface area contributed by atoms with E-state index in [1.807, 2.05) is 0 Å². The smallest absolute Gasteiger partial charge is 0.177 e. The van der Waals surface area contributed by atoms with Gasteiger partial charge in [0, 0.05) is 36.6 Å². The van der Waals surface area contributed by atoms with Crippen LogP contribution in [0.25, 0.3) is 0 Å². The second kappa shape index (κ2) is 13.8. The van der Waals surface area contributed by atoms with Crippen LogP contribution in [0, 0.1) is 0 Å². The molecule has 2 aromatic rings. The Kier molecular flexibility index (Phi) is 14.0. The number of halogens is 3. The van der Waals surface area contributed by atoms with Gasteiger partial charge < -0.3 is 76.4 Å². The SMILES string of the molecule is CN1CCCC1c1ccc[n+](C)c1.C[n+]1cccc(C2CCC[N+]2(C)C)c1.[I-].[I-].[I-]. The molecule has 0 saturated carbocycles. The Morgan fingerprint density at radius 2 is 1.43 bits per heavy atom. The lowest BCUT2D eigenvalue weighted by Gasteiger charge is -2.31. The molecule has 2 aromatic heterocycles. The van der Waals surface area contributed by atoms with Gasteiger partial charge in [-0.05, 0) is 38.6 Å². The maximum atomic E-state index is 2.44. The maximum Gasteiger partial charge on any atom is 0.177 e. The van der Waals surface area contributed by atoms with Gasteiger partial charge in [0.15, 0.2) is 24.8 Å². The van der Waals surface area contributed by atoms with E-state index in [0.29, 0.717) is 12.1 Å². The van der Waals surface area contributed by atoms with E-state index in [-0.39, 0.29) is 71.9 Å². The largest absolute Gasteiger partial charge is 1.00 e. The van der Waals surface area contributed by atoms with Crippen molar-refractivity contribution in [1.82, 2.24) is 4.90 Å². The summed E-state index contributed by atoms with van der Waals surface area (Å²) in [4.78, 5) is 2.44. The molecule has 4 heterocycles. The first kappa shape index (κ1) is 30.4. The number of hydrogen-bond acceptors (Lipinski definition) is 1. The van der Waals surface area contributed by atoms with Crippen LogP contribution < -0.4 is 81.1 Å². The molecule has 2 atom stereocenters. The third-order valence-electron chi connectivity index (χ3n) is 6.27. The van der Waals surface area contributed by atoms with Crippen LogP contribution in [0.5, 0.6) is 0 Å². The molecule has 2 saturated heterocycles. The van der Waals surface area contributed by atoms with E-state index in [2.05, 4.69) is 98.3 Å². The molecule has 4 rings (SSSR count). The minimum atomic E-state index is 0. The topological polar surface area (TPSA) is 11.0 Å². The van der Waals surface area contributed by atoms with Crippen LogP contribution >= 0.6 is 0 Å². The minimum absolute atomic E-state index is 0. The molecular formula is C23H37I3N4. The molecule has 2 aliphatic rings. The van der Waals surface area contributed by atoms with E-state index in [1.54, 1.807) is 0 Å². The number of hydrogen-bond donors (Lipinski definition) is 0. The number of rotatable bonds is 2. The fourth-order valence-corrected chi connectivity index (χ4v) is 4.72. The molecule has 4 nitrogen and oxygen atoms in total. The molecule has 0 spiro atoms. The van der Waals surface area contributed by atoms with Crippen molar-refractivity contribution in [3.63, 3.8) is 0 Å². The van der Waals surface area contributed by atoms with Crippen LogP contribution in [-0.4, -0.2) is 43.6 Å². The molecule has 0 N–H and O–H groups in total. The Hall–Kier alpha value is 0.410. The summed E-state index contributed by atoms with van der Waals surface area (Å²) in [7, 11) is 11.1. The molecule has 0 radical (unpaired) electrons. The quantitative estimate of drug-likeness (QED) is 0.169. The van der Waals surface area contributed by atoms with Gasteiger partial charge in [-0.3, -0.25) is 4.90 Å². The molecule has 0 aromatic carbocycles. The number of likely N-dealkylation sites (tertiary alicyclic amines) is 2. The molecule has 170 valence electrons. The Labute approximate surface area is 234 Å². The highest BCUT2D eigenvalue weighted by atomic mass is 127. The van der Waals surface area contributed by atoms with Gasteiger partial charge in [0.25, 0.3) is 0 Å². The molecular weight excluding hydrogens is 713 g/mol. The highest BCUT2D eigenvalue weighted by Gasteiger charge is 2.36. The fourth-order valence-electron chi connectivity index (χ4n) is 4.72. The predicted octanol–water partition coefficient (Wildman–Crippen LogP) is -6.29. The van der Waals surface area contributed by atoms with Crippen LogP contribution in [0.4, 0.5) is 0 Å². The normalized spacial score (nSPS) is 22.0. The third-order valence-corrected chi connectivity index (χ3v) is 6.27. The summed E-state index contributed by atoms with van der Waals surface area (Å²) in [6.45, 7) is 2.55. The highest BCUT2D eigenvalue weighted by Crippen LogP contribution is 2.35. The van der Waals surface area contributed by atoms with Gasteiger partial charge in [0.2, 0.25) is 0 Å². The standard InChI is InChI=1S/C12H20N2.C11H17N2.3HI/c1-13-8-4-6-11(10-13)12-7-5-9-14(12,2)3;1-12-7-3-5-10(9-12)11-6-4-8-13(11)2;;;/h4,6,8,10,12H,5,7,9H2,1-3H3;3,5,7,9,11H,4,6,8H2,1-2H3;3*1H/q+2;+1;;;/p-3. The zero-order valence-corrected chi connectivity index (χ0v) is 25.4. The lowest BCUT2D eigenvalue weighted by atomic mass is 10.1. The molecule has 2 unspecified atom stereocenters. The number of pyridine rings is 2. The molecule has 7 heteroatoms. The number of quaternary nitrogens is 1. The van der Waals surface area contributed by atoms with Gasteiger partial charge in [0.05, 0.1) is 26.2 Å². The van der Waals surface area contributed by atoms with Crippen molar-refractivity contribution in [1.29, 1.82) is 0 Å². The van der Waals surface area contributed by atoms with Crippen molar-refractivity contribution in [2.24, 2.45) is 14.1 Å². The Balaban J connectivity index is 0.000000511. The van der Waals surface area contributed by atoms with Crippen LogP contribution in [0.1, 0.15) is 48.9 Å². The maximum absolute atomic E-state index is 2.44. The molecule has 0 amide bonds. The number of nitrogens with zero attached hydrogens (tertiary/aromatic N) is 4. The molecule has 2 fully saturated rings. The second-order valence-electron chi connectivity index (χ2n) is 8.90. The van der Waals surface area contributed by atoms with Gasteiger partial charge >= 0.3 is 0 Å². The predicted molar refractivity (Wildman–Crippen MR) is 109 cm³/mol. The summed E-state index contributed by atoms with van der Waals surface area (Å²) in [6, 6.07) is 10.1. The van der Waals surface area contributed by atoms with E-state index in [0.717, 1.165) is 4.48 Å². The average molecular weight is 750 g/mol. The lowest BCUT2D eigenvalue weighted by Crippen LogP contribution is -3.00. The van der Waals surface area contributed by atoms with E-state index < -0.39 is 0 Å². The molecule has 2 aliphatic heterocycles. The lowest BCUT2D eigenvalue weighted by molar-refractivity contribution is -0.908. The van der Waals surface area contributed by atoms with Gasteiger partial charge in [-0.15, -0.1) is 0 Å². The first-order chi connectivity index (χ1) is 12.9. The van der Waals surface area contributed by atoms with Crippen molar-refractivity contribution in [2.45, 2.75) is 37.8 Å². The van der Waals surface area contributed by atoms with Crippen molar-refractivity contribution in [3.05, 3.63) is 60.2 Å². The zero-order chi connectivity index (χ0) is 19.4. The summed E-state index contributed by atoms with van der Waals surface area (Å²) < 4.78 is 5.42.